The van der Waals surface area contributed by atoms with Crippen LogP contribution in [0.25, 0.3) is 0 Å². The predicted octanol–water partition coefficient (Wildman–Crippen LogP) is 3.97. The number of anilines is 1. The lowest BCUT2D eigenvalue weighted by atomic mass is 10.2. The van der Waals surface area contributed by atoms with E-state index in [2.05, 4.69) is 5.32 Å². The van der Waals surface area contributed by atoms with Gasteiger partial charge in [-0.05, 0) is 37.1 Å². The summed E-state index contributed by atoms with van der Waals surface area (Å²) in [7, 11) is 1.53. The van der Waals surface area contributed by atoms with Crippen molar-refractivity contribution < 1.29 is 14.3 Å². The van der Waals surface area contributed by atoms with Gasteiger partial charge in [0.15, 0.2) is 0 Å². The molecule has 6 heteroatoms. The molecule has 0 aliphatic heterocycles. The second-order valence-electron chi connectivity index (χ2n) is 6.62. The molecule has 1 saturated carbocycles. The Balaban J connectivity index is 1.61. The third kappa shape index (κ3) is 4.61. The van der Waals surface area contributed by atoms with Crippen molar-refractivity contribution in [2.24, 2.45) is 11.8 Å². The van der Waals surface area contributed by atoms with Gasteiger partial charge in [0.05, 0.1) is 24.6 Å². The van der Waals surface area contributed by atoms with Gasteiger partial charge in [-0.3, -0.25) is 9.59 Å². The van der Waals surface area contributed by atoms with Crippen LogP contribution in [-0.4, -0.2) is 30.4 Å². The Labute approximate surface area is 164 Å². The summed E-state index contributed by atoms with van der Waals surface area (Å²) in [6, 6.07) is 14.9. The van der Waals surface area contributed by atoms with Crippen LogP contribution in [0.3, 0.4) is 0 Å². The van der Waals surface area contributed by atoms with Crippen LogP contribution in [0.1, 0.15) is 18.9 Å². The van der Waals surface area contributed by atoms with Crippen molar-refractivity contribution in [2.75, 3.05) is 19.0 Å². The van der Waals surface area contributed by atoms with Crippen molar-refractivity contribution in [1.82, 2.24) is 4.90 Å². The van der Waals surface area contributed by atoms with E-state index in [1.807, 2.05) is 37.3 Å². The summed E-state index contributed by atoms with van der Waals surface area (Å²) in [4.78, 5) is 27.1. The predicted molar refractivity (Wildman–Crippen MR) is 106 cm³/mol. The maximum absolute atomic E-state index is 12.8. The average molecular weight is 387 g/mol. The molecule has 2 amide bonds. The lowest BCUT2D eigenvalue weighted by Gasteiger charge is -2.21. The highest BCUT2D eigenvalue weighted by molar-refractivity contribution is 6.31. The Morgan fingerprint density at radius 2 is 1.93 bits per heavy atom. The number of amides is 2. The summed E-state index contributed by atoms with van der Waals surface area (Å²) in [6.45, 7) is 3.12. The van der Waals surface area contributed by atoms with Gasteiger partial charge in [0.25, 0.3) is 0 Å². The van der Waals surface area contributed by atoms with Crippen LogP contribution in [0, 0.1) is 11.8 Å². The number of ether oxygens (including phenoxy) is 1. The summed E-state index contributed by atoms with van der Waals surface area (Å²) in [5, 5.41) is 3.35. The van der Waals surface area contributed by atoms with Gasteiger partial charge in [-0.2, -0.15) is 0 Å². The Morgan fingerprint density at radius 3 is 2.59 bits per heavy atom. The zero-order chi connectivity index (χ0) is 19.4. The van der Waals surface area contributed by atoms with Crippen LogP contribution in [0.4, 0.5) is 5.69 Å². The number of benzene rings is 2. The minimum atomic E-state index is -0.314. The van der Waals surface area contributed by atoms with Gasteiger partial charge in [0.2, 0.25) is 11.8 Å². The molecule has 0 bridgehead atoms. The van der Waals surface area contributed by atoms with E-state index < -0.39 is 0 Å². The van der Waals surface area contributed by atoms with Crippen LogP contribution >= 0.6 is 11.6 Å². The molecule has 27 heavy (non-hydrogen) atoms. The molecule has 0 aromatic heterocycles. The number of nitrogens with zero attached hydrogens (tertiary/aromatic N) is 1. The molecule has 0 spiro atoms. The first kappa shape index (κ1) is 19.2. The van der Waals surface area contributed by atoms with E-state index in [1.54, 1.807) is 23.1 Å². The molecule has 142 valence electrons. The Hall–Kier alpha value is -2.53. The standard InChI is InChI=1S/C21H23ClN2O3/c1-3-24(13-14-7-5-4-6-8-14)21(26)17-12-16(17)20(25)23-18-11-15(22)9-10-19(18)27-2/h4-11,16-17H,3,12-13H2,1-2H3,(H,23,25). The number of nitrogens with one attached hydrogen (secondary N) is 1. The van der Waals surface area contributed by atoms with Crippen LogP contribution in [0.15, 0.2) is 48.5 Å². The Kier molecular flexibility index (Phi) is 6.01. The van der Waals surface area contributed by atoms with Crippen LogP contribution in [-0.2, 0) is 16.1 Å². The molecule has 2 atom stereocenters. The third-order valence-electron chi connectivity index (χ3n) is 4.77. The van der Waals surface area contributed by atoms with E-state index >= 15 is 0 Å². The van der Waals surface area contributed by atoms with Crippen molar-refractivity contribution in [2.45, 2.75) is 19.9 Å². The van der Waals surface area contributed by atoms with E-state index in [4.69, 9.17) is 16.3 Å². The van der Waals surface area contributed by atoms with Crippen molar-refractivity contribution in [1.29, 1.82) is 0 Å². The molecule has 2 aromatic carbocycles. The zero-order valence-corrected chi connectivity index (χ0v) is 16.2. The topological polar surface area (TPSA) is 58.6 Å². The van der Waals surface area contributed by atoms with Crippen LogP contribution in [0.5, 0.6) is 5.75 Å². The Morgan fingerprint density at radius 1 is 1.19 bits per heavy atom. The fourth-order valence-corrected chi connectivity index (χ4v) is 3.32. The quantitative estimate of drug-likeness (QED) is 0.783. The summed E-state index contributed by atoms with van der Waals surface area (Å²) >= 11 is 6.00. The summed E-state index contributed by atoms with van der Waals surface area (Å²) in [5.41, 5.74) is 1.60. The summed E-state index contributed by atoms with van der Waals surface area (Å²) < 4.78 is 5.25. The molecular formula is C21H23ClN2O3. The molecule has 0 radical (unpaired) electrons. The molecule has 5 nitrogen and oxygen atoms in total. The molecule has 0 heterocycles. The lowest BCUT2D eigenvalue weighted by molar-refractivity contribution is -0.134. The SMILES string of the molecule is CCN(Cc1ccccc1)C(=O)C1CC1C(=O)Nc1cc(Cl)ccc1OC. The van der Waals surface area contributed by atoms with Gasteiger partial charge in [0, 0.05) is 18.1 Å². The first-order chi connectivity index (χ1) is 13.0. The van der Waals surface area contributed by atoms with E-state index in [0.717, 1.165) is 5.56 Å². The van der Waals surface area contributed by atoms with E-state index in [9.17, 15) is 9.59 Å². The highest BCUT2D eigenvalue weighted by Crippen LogP contribution is 2.41. The highest BCUT2D eigenvalue weighted by Gasteiger charge is 2.49. The third-order valence-corrected chi connectivity index (χ3v) is 5.01. The molecule has 1 fully saturated rings. The highest BCUT2D eigenvalue weighted by atomic mass is 35.5. The molecule has 2 aromatic rings. The number of rotatable bonds is 7. The monoisotopic (exact) mass is 386 g/mol. The maximum atomic E-state index is 12.8. The number of carbonyl (C=O) groups excluding carboxylic acids is 2. The van der Waals surface area contributed by atoms with Gasteiger partial charge in [-0.15, -0.1) is 0 Å². The fraction of sp³-hybridized carbons (Fsp3) is 0.333. The smallest absolute Gasteiger partial charge is 0.228 e. The molecule has 1 aliphatic rings. The molecule has 0 saturated heterocycles. The van der Waals surface area contributed by atoms with E-state index in [-0.39, 0.29) is 23.7 Å². The van der Waals surface area contributed by atoms with Crippen molar-refractivity contribution in [3.8, 4) is 5.75 Å². The van der Waals surface area contributed by atoms with Crippen molar-refractivity contribution in [3.63, 3.8) is 0 Å². The minimum absolute atomic E-state index is 0.0274. The number of hydrogen-bond donors (Lipinski definition) is 1. The molecule has 2 unspecified atom stereocenters. The first-order valence-electron chi connectivity index (χ1n) is 9.00. The lowest BCUT2D eigenvalue weighted by Crippen LogP contribution is -2.33. The number of carbonyl (C=O) groups is 2. The molecule has 3 rings (SSSR count). The molecule has 1 N–H and O–H groups in total. The van der Waals surface area contributed by atoms with Gasteiger partial charge in [0.1, 0.15) is 5.75 Å². The van der Waals surface area contributed by atoms with Crippen molar-refractivity contribution in [3.05, 3.63) is 59.1 Å². The largest absolute Gasteiger partial charge is 0.495 e. The zero-order valence-electron chi connectivity index (χ0n) is 15.4. The second kappa shape index (κ2) is 8.44. The molecular weight excluding hydrogens is 364 g/mol. The summed E-state index contributed by atoms with van der Waals surface area (Å²) in [6.07, 6.45) is 0.568. The number of methoxy groups -OCH3 is 1. The van der Waals surface area contributed by atoms with Gasteiger partial charge < -0.3 is 15.0 Å². The second-order valence-corrected chi connectivity index (χ2v) is 7.06. The van der Waals surface area contributed by atoms with Crippen LogP contribution < -0.4 is 10.1 Å². The van der Waals surface area contributed by atoms with Gasteiger partial charge in [-0.25, -0.2) is 0 Å². The first-order valence-corrected chi connectivity index (χ1v) is 9.38. The van der Waals surface area contributed by atoms with E-state index in [0.29, 0.717) is 36.0 Å². The van der Waals surface area contributed by atoms with Gasteiger partial charge >= 0.3 is 0 Å². The number of hydrogen-bond acceptors (Lipinski definition) is 3. The van der Waals surface area contributed by atoms with Crippen LogP contribution in [0.2, 0.25) is 5.02 Å². The average Bonchev–Trinajstić information content (AvgIpc) is 3.47. The van der Waals surface area contributed by atoms with Crippen molar-refractivity contribution >= 4 is 29.1 Å². The minimum Gasteiger partial charge on any atom is -0.495 e. The Bertz CT molecular complexity index is 825. The van der Waals surface area contributed by atoms with E-state index in [1.165, 1.54) is 7.11 Å². The molecule has 1 aliphatic carbocycles. The fourth-order valence-electron chi connectivity index (χ4n) is 3.14. The maximum Gasteiger partial charge on any atom is 0.228 e. The summed E-state index contributed by atoms with van der Waals surface area (Å²) in [5.74, 6) is -0.190. The normalized spacial score (nSPS) is 17.9. The number of halogens is 1. The van der Waals surface area contributed by atoms with Gasteiger partial charge in [-0.1, -0.05) is 41.9 Å².